The fourth-order valence-corrected chi connectivity index (χ4v) is 2.23. The molecule has 0 aliphatic carbocycles. The Kier molecular flexibility index (Phi) is 3.02. The molecule has 0 bridgehead atoms. The maximum absolute atomic E-state index is 13.3. The zero-order valence-electron chi connectivity index (χ0n) is 7.79. The predicted octanol–water partition coefficient (Wildman–Crippen LogP) is 2.45. The molecule has 1 aliphatic rings. The van der Waals surface area contributed by atoms with Gasteiger partial charge in [-0.2, -0.15) is 0 Å². The van der Waals surface area contributed by atoms with E-state index in [0.717, 1.165) is 30.0 Å². The fraction of sp³-hybridized carbons (Fsp3) is 0. The lowest BCUT2D eigenvalue weighted by atomic mass is 10.2. The van der Waals surface area contributed by atoms with Gasteiger partial charge in [0.15, 0.2) is 0 Å². The number of carbonyl (C=O) groups excluding carboxylic acids is 1. The van der Waals surface area contributed by atoms with E-state index in [2.05, 4.69) is 5.32 Å². The molecular formula is C10H5F2NOS2. The van der Waals surface area contributed by atoms with Crippen LogP contribution in [-0.2, 0) is 4.79 Å². The van der Waals surface area contributed by atoms with Gasteiger partial charge in [-0.15, -0.1) is 0 Å². The van der Waals surface area contributed by atoms with Crippen LogP contribution in [0.15, 0.2) is 23.1 Å². The largest absolute Gasteiger partial charge is 0.307 e. The van der Waals surface area contributed by atoms with E-state index in [4.69, 9.17) is 12.2 Å². The summed E-state index contributed by atoms with van der Waals surface area (Å²) in [5, 5.41) is 2.37. The molecular weight excluding hydrogens is 252 g/mol. The first kappa shape index (κ1) is 11.2. The Hall–Kier alpha value is -1.27. The first-order chi connectivity index (χ1) is 7.58. The number of hydrogen-bond donors (Lipinski definition) is 1. The van der Waals surface area contributed by atoms with Gasteiger partial charge in [-0.3, -0.25) is 4.79 Å². The van der Waals surface area contributed by atoms with E-state index in [1.807, 2.05) is 0 Å². The number of thioether (sulfide) groups is 1. The summed E-state index contributed by atoms with van der Waals surface area (Å²) >= 11 is 5.74. The average Bonchev–Trinajstić information content (AvgIpc) is 2.51. The van der Waals surface area contributed by atoms with E-state index in [-0.39, 0.29) is 14.8 Å². The van der Waals surface area contributed by atoms with Crippen molar-refractivity contribution < 1.29 is 13.6 Å². The van der Waals surface area contributed by atoms with Crippen LogP contribution in [0.3, 0.4) is 0 Å². The highest BCUT2D eigenvalue weighted by Gasteiger charge is 2.23. The Morgan fingerprint density at radius 3 is 2.44 bits per heavy atom. The number of nitrogens with one attached hydrogen (secondary N) is 1. The minimum atomic E-state index is -0.710. The van der Waals surface area contributed by atoms with Crippen LogP contribution in [0.25, 0.3) is 6.08 Å². The molecule has 1 fully saturated rings. The summed E-state index contributed by atoms with van der Waals surface area (Å²) in [6, 6.07) is 3.52. The second-order valence-electron chi connectivity index (χ2n) is 2.99. The number of benzene rings is 1. The first-order valence-corrected chi connectivity index (χ1v) is 5.49. The molecule has 1 saturated heterocycles. The van der Waals surface area contributed by atoms with E-state index in [1.165, 1.54) is 6.07 Å². The van der Waals surface area contributed by atoms with Crippen molar-refractivity contribution in [3.05, 3.63) is 40.3 Å². The summed E-state index contributed by atoms with van der Waals surface area (Å²) in [6.07, 6.45) is 1.16. The molecule has 1 aliphatic heterocycles. The number of amides is 1. The van der Waals surface area contributed by atoms with Crippen molar-refractivity contribution in [3.63, 3.8) is 0 Å². The summed E-state index contributed by atoms with van der Waals surface area (Å²) in [5.74, 6) is -1.85. The maximum atomic E-state index is 13.3. The van der Waals surface area contributed by atoms with Crippen molar-refractivity contribution >= 4 is 40.3 Å². The third-order valence-corrected chi connectivity index (χ3v) is 3.08. The van der Waals surface area contributed by atoms with Crippen LogP contribution in [0.4, 0.5) is 8.78 Å². The molecule has 0 atom stereocenters. The van der Waals surface area contributed by atoms with E-state index >= 15 is 0 Å². The Morgan fingerprint density at radius 1 is 1.31 bits per heavy atom. The normalized spacial score (nSPS) is 18.0. The highest BCUT2D eigenvalue weighted by atomic mass is 32.2. The van der Waals surface area contributed by atoms with Crippen molar-refractivity contribution in [2.24, 2.45) is 0 Å². The second-order valence-corrected chi connectivity index (χ2v) is 4.71. The van der Waals surface area contributed by atoms with Gasteiger partial charge in [0.05, 0.1) is 4.91 Å². The van der Waals surface area contributed by atoms with Gasteiger partial charge in [-0.25, -0.2) is 8.78 Å². The maximum Gasteiger partial charge on any atom is 0.263 e. The average molecular weight is 257 g/mol. The number of halogens is 2. The molecule has 16 heavy (non-hydrogen) atoms. The SMILES string of the molecule is O=C1NC(=S)SC1=Cc1c(F)cccc1F. The lowest BCUT2D eigenvalue weighted by Gasteiger charge is -1.99. The van der Waals surface area contributed by atoms with E-state index in [1.54, 1.807) is 0 Å². The molecule has 1 amide bonds. The summed E-state index contributed by atoms with van der Waals surface area (Å²) in [4.78, 5) is 11.5. The third kappa shape index (κ3) is 2.12. The summed E-state index contributed by atoms with van der Waals surface area (Å²) in [7, 11) is 0. The van der Waals surface area contributed by atoms with Gasteiger partial charge in [0.1, 0.15) is 16.0 Å². The molecule has 1 aromatic rings. The van der Waals surface area contributed by atoms with Gasteiger partial charge in [-0.1, -0.05) is 30.0 Å². The Labute approximate surface area is 99.7 Å². The Balaban J connectivity index is 2.44. The van der Waals surface area contributed by atoms with Crippen LogP contribution in [0.1, 0.15) is 5.56 Å². The van der Waals surface area contributed by atoms with Gasteiger partial charge < -0.3 is 5.32 Å². The molecule has 0 saturated carbocycles. The monoisotopic (exact) mass is 257 g/mol. The van der Waals surface area contributed by atoms with Crippen LogP contribution in [0.2, 0.25) is 0 Å². The van der Waals surface area contributed by atoms with E-state index < -0.39 is 17.5 Å². The molecule has 0 unspecified atom stereocenters. The van der Waals surface area contributed by atoms with Crippen molar-refractivity contribution in [3.8, 4) is 0 Å². The molecule has 6 heteroatoms. The molecule has 1 N–H and O–H groups in total. The molecule has 2 rings (SSSR count). The standard InChI is InChI=1S/C10H5F2NOS2/c11-6-2-1-3-7(12)5(6)4-8-9(14)13-10(15)16-8/h1-4H,(H,13,14,15). The van der Waals surface area contributed by atoms with Gasteiger partial charge in [0.25, 0.3) is 5.91 Å². The van der Waals surface area contributed by atoms with Crippen molar-refractivity contribution in [2.75, 3.05) is 0 Å². The smallest absolute Gasteiger partial charge is 0.263 e. The first-order valence-electron chi connectivity index (χ1n) is 4.27. The Bertz CT molecular complexity index is 493. The quantitative estimate of drug-likeness (QED) is 0.619. The predicted molar refractivity (Wildman–Crippen MR) is 62.7 cm³/mol. The number of hydrogen-bond acceptors (Lipinski definition) is 3. The molecule has 0 radical (unpaired) electrons. The molecule has 82 valence electrons. The molecule has 0 spiro atoms. The lowest BCUT2D eigenvalue weighted by molar-refractivity contribution is -0.115. The Morgan fingerprint density at radius 2 is 1.94 bits per heavy atom. The molecule has 0 aromatic heterocycles. The van der Waals surface area contributed by atoms with E-state index in [0.29, 0.717) is 0 Å². The summed E-state index contributed by atoms with van der Waals surface area (Å²) in [5.41, 5.74) is -0.232. The molecule has 2 nitrogen and oxygen atoms in total. The van der Waals surface area contributed by atoms with Crippen molar-refractivity contribution in [1.29, 1.82) is 0 Å². The van der Waals surface area contributed by atoms with Crippen LogP contribution in [0.5, 0.6) is 0 Å². The summed E-state index contributed by atoms with van der Waals surface area (Å²) < 4.78 is 26.8. The highest BCUT2D eigenvalue weighted by Crippen LogP contribution is 2.27. The van der Waals surface area contributed by atoms with Crippen LogP contribution < -0.4 is 5.32 Å². The van der Waals surface area contributed by atoms with Crippen molar-refractivity contribution in [2.45, 2.75) is 0 Å². The van der Waals surface area contributed by atoms with Gasteiger partial charge >= 0.3 is 0 Å². The molecule has 1 aromatic carbocycles. The fourth-order valence-electron chi connectivity index (χ4n) is 1.20. The van der Waals surface area contributed by atoms with E-state index in [9.17, 15) is 13.6 Å². The lowest BCUT2D eigenvalue weighted by Crippen LogP contribution is -2.17. The number of thiocarbonyl (C=S) groups is 1. The zero-order valence-corrected chi connectivity index (χ0v) is 9.42. The zero-order chi connectivity index (χ0) is 11.7. The minimum absolute atomic E-state index is 0.189. The van der Waals surface area contributed by atoms with Crippen molar-refractivity contribution in [1.82, 2.24) is 5.32 Å². The summed E-state index contributed by atoms with van der Waals surface area (Å²) in [6.45, 7) is 0. The minimum Gasteiger partial charge on any atom is -0.307 e. The van der Waals surface area contributed by atoms with Crippen LogP contribution in [0, 0.1) is 11.6 Å². The second kappa shape index (κ2) is 4.31. The highest BCUT2D eigenvalue weighted by molar-refractivity contribution is 8.26. The van der Waals surface area contributed by atoms with Crippen LogP contribution in [-0.4, -0.2) is 10.2 Å². The van der Waals surface area contributed by atoms with Gasteiger partial charge in [0.2, 0.25) is 0 Å². The third-order valence-electron chi connectivity index (χ3n) is 1.92. The van der Waals surface area contributed by atoms with Crippen LogP contribution >= 0.6 is 24.0 Å². The number of rotatable bonds is 1. The van der Waals surface area contributed by atoms with Gasteiger partial charge in [0, 0.05) is 5.56 Å². The topological polar surface area (TPSA) is 29.1 Å². The number of carbonyl (C=O) groups is 1. The molecule has 1 heterocycles. The van der Waals surface area contributed by atoms with Gasteiger partial charge in [-0.05, 0) is 18.2 Å².